The topological polar surface area (TPSA) is 64.1 Å². The minimum Gasteiger partial charge on any atom is -0.497 e. The zero-order chi connectivity index (χ0) is 21.1. The fourth-order valence-electron chi connectivity index (χ4n) is 2.73. The highest BCUT2D eigenvalue weighted by atomic mass is 127. The van der Waals surface area contributed by atoms with Crippen LogP contribution in [0.3, 0.4) is 0 Å². The van der Waals surface area contributed by atoms with Gasteiger partial charge in [0.1, 0.15) is 11.5 Å². The lowest BCUT2D eigenvalue weighted by atomic mass is 10.1. The lowest BCUT2D eigenvalue weighted by Crippen LogP contribution is -2.37. The van der Waals surface area contributed by atoms with Crippen molar-refractivity contribution in [3.63, 3.8) is 0 Å². The molecule has 0 saturated carbocycles. The highest BCUT2D eigenvalue weighted by Crippen LogP contribution is 2.26. The van der Waals surface area contributed by atoms with Gasteiger partial charge in [-0.2, -0.15) is 8.78 Å². The van der Waals surface area contributed by atoms with E-state index in [1.54, 1.807) is 19.2 Å². The summed E-state index contributed by atoms with van der Waals surface area (Å²) in [5, 5.41) is 6.41. The Morgan fingerprint density at radius 3 is 2.40 bits per heavy atom. The molecule has 0 saturated heterocycles. The summed E-state index contributed by atoms with van der Waals surface area (Å²) in [4.78, 5) is 4.50. The molecule has 0 bridgehead atoms. The molecule has 0 unspecified atom stereocenters. The van der Waals surface area contributed by atoms with Crippen LogP contribution in [0.2, 0.25) is 0 Å². The van der Waals surface area contributed by atoms with E-state index in [4.69, 9.17) is 9.47 Å². The minimum atomic E-state index is -2.91. The summed E-state index contributed by atoms with van der Waals surface area (Å²) >= 11 is 0. The highest BCUT2D eigenvalue weighted by Gasteiger charge is 2.11. The predicted molar refractivity (Wildman–Crippen MR) is 124 cm³/mol. The largest absolute Gasteiger partial charge is 0.497 e. The van der Waals surface area contributed by atoms with Crippen molar-refractivity contribution in [1.29, 1.82) is 0 Å². The SMILES string of the molecule is CCNC(=NCc1cc(OC)ccc1OC(F)F)NCc1ccccc1COC.I. The number of guanidine groups is 1. The van der Waals surface area contributed by atoms with Crippen molar-refractivity contribution in [3.8, 4) is 11.5 Å². The Morgan fingerprint density at radius 2 is 1.77 bits per heavy atom. The van der Waals surface area contributed by atoms with E-state index in [9.17, 15) is 8.78 Å². The smallest absolute Gasteiger partial charge is 0.387 e. The summed E-state index contributed by atoms with van der Waals surface area (Å²) in [5.41, 5.74) is 2.67. The van der Waals surface area contributed by atoms with Crippen LogP contribution in [0.5, 0.6) is 11.5 Å². The third-order valence-electron chi connectivity index (χ3n) is 4.10. The maximum absolute atomic E-state index is 12.7. The lowest BCUT2D eigenvalue weighted by molar-refractivity contribution is -0.0504. The zero-order valence-electron chi connectivity index (χ0n) is 17.3. The molecule has 0 aliphatic carbocycles. The molecule has 0 atom stereocenters. The molecule has 6 nitrogen and oxygen atoms in total. The van der Waals surface area contributed by atoms with E-state index in [-0.39, 0.29) is 36.3 Å². The molecule has 166 valence electrons. The average Bonchev–Trinajstić information content (AvgIpc) is 2.71. The van der Waals surface area contributed by atoms with Crippen LogP contribution in [0.4, 0.5) is 8.78 Å². The first kappa shape index (κ1) is 25.9. The van der Waals surface area contributed by atoms with E-state index in [1.165, 1.54) is 13.2 Å². The van der Waals surface area contributed by atoms with E-state index >= 15 is 0 Å². The fraction of sp³-hybridized carbons (Fsp3) is 0.381. The molecule has 2 aromatic carbocycles. The van der Waals surface area contributed by atoms with Crippen LogP contribution >= 0.6 is 24.0 Å². The van der Waals surface area contributed by atoms with Crippen molar-refractivity contribution in [2.45, 2.75) is 33.2 Å². The number of aliphatic imine (C=N–C) groups is 1. The van der Waals surface area contributed by atoms with Crippen molar-refractivity contribution in [2.75, 3.05) is 20.8 Å². The van der Waals surface area contributed by atoms with Crippen LogP contribution in [0.1, 0.15) is 23.6 Å². The lowest BCUT2D eigenvalue weighted by Gasteiger charge is -2.15. The van der Waals surface area contributed by atoms with Gasteiger partial charge in [-0.1, -0.05) is 24.3 Å². The van der Waals surface area contributed by atoms with Gasteiger partial charge >= 0.3 is 6.61 Å². The highest BCUT2D eigenvalue weighted by molar-refractivity contribution is 14.0. The van der Waals surface area contributed by atoms with Crippen molar-refractivity contribution >= 4 is 29.9 Å². The normalized spacial score (nSPS) is 11.1. The van der Waals surface area contributed by atoms with Crippen LogP contribution in [-0.4, -0.2) is 33.3 Å². The number of benzene rings is 2. The Kier molecular flexibility index (Phi) is 12.1. The average molecular weight is 535 g/mol. The van der Waals surface area contributed by atoms with Gasteiger partial charge in [-0.05, 0) is 36.2 Å². The second kappa shape index (κ2) is 14.0. The van der Waals surface area contributed by atoms with Gasteiger partial charge in [0.05, 0.1) is 20.3 Å². The second-order valence-corrected chi connectivity index (χ2v) is 6.10. The van der Waals surface area contributed by atoms with Gasteiger partial charge in [-0.25, -0.2) is 4.99 Å². The number of methoxy groups -OCH3 is 2. The number of halogens is 3. The summed E-state index contributed by atoms with van der Waals surface area (Å²) in [7, 11) is 3.17. The molecule has 0 radical (unpaired) electrons. The van der Waals surface area contributed by atoms with Crippen molar-refractivity contribution < 1.29 is 23.0 Å². The predicted octanol–water partition coefficient (Wildman–Crippen LogP) is 4.32. The number of nitrogens with one attached hydrogen (secondary N) is 2. The molecule has 0 aliphatic rings. The van der Waals surface area contributed by atoms with Gasteiger partial charge in [-0.3, -0.25) is 0 Å². The second-order valence-electron chi connectivity index (χ2n) is 6.10. The Bertz CT molecular complexity index is 807. The molecule has 0 fully saturated rings. The van der Waals surface area contributed by atoms with Gasteiger partial charge in [-0.15, -0.1) is 24.0 Å². The molecule has 2 aromatic rings. The molecule has 2 N–H and O–H groups in total. The first-order chi connectivity index (χ1) is 14.1. The maximum Gasteiger partial charge on any atom is 0.387 e. The van der Waals surface area contributed by atoms with Crippen LogP contribution in [0.25, 0.3) is 0 Å². The number of ether oxygens (including phenoxy) is 3. The fourth-order valence-corrected chi connectivity index (χ4v) is 2.73. The molecule has 0 heterocycles. The molecular formula is C21H28F2IN3O3. The summed E-state index contributed by atoms with van der Waals surface area (Å²) in [6.07, 6.45) is 0. The van der Waals surface area contributed by atoms with Gasteiger partial charge in [0.2, 0.25) is 0 Å². The van der Waals surface area contributed by atoms with E-state index in [0.29, 0.717) is 37.0 Å². The van der Waals surface area contributed by atoms with Gasteiger partial charge in [0.25, 0.3) is 0 Å². The van der Waals surface area contributed by atoms with Crippen molar-refractivity contribution in [1.82, 2.24) is 10.6 Å². The summed E-state index contributed by atoms with van der Waals surface area (Å²) in [6, 6.07) is 12.6. The Morgan fingerprint density at radius 1 is 1.03 bits per heavy atom. The summed E-state index contributed by atoms with van der Waals surface area (Å²) in [6.45, 7) is 0.911. The molecule has 0 spiro atoms. The third-order valence-corrected chi connectivity index (χ3v) is 4.10. The first-order valence-corrected chi connectivity index (χ1v) is 9.27. The third kappa shape index (κ3) is 8.31. The monoisotopic (exact) mass is 535 g/mol. The standard InChI is InChI=1S/C21H27F2N3O3.HI/c1-4-24-21(25-12-15-7-5-6-8-16(15)14-27-2)26-13-17-11-18(28-3)9-10-19(17)29-20(22)23;/h5-11,20H,4,12-14H2,1-3H3,(H2,24,25,26);1H. The summed E-state index contributed by atoms with van der Waals surface area (Å²) < 4.78 is 40.4. The van der Waals surface area contributed by atoms with E-state index in [2.05, 4.69) is 20.4 Å². The minimum absolute atomic E-state index is 0. The molecule has 0 aromatic heterocycles. The Balaban J connectivity index is 0.00000450. The molecular weight excluding hydrogens is 507 g/mol. The number of hydrogen-bond donors (Lipinski definition) is 2. The number of alkyl halides is 2. The molecule has 30 heavy (non-hydrogen) atoms. The van der Waals surface area contributed by atoms with E-state index in [1.807, 2.05) is 31.2 Å². The quantitative estimate of drug-likeness (QED) is 0.270. The summed E-state index contributed by atoms with van der Waals surface area (Å²) in [5.74, 6) is 1.18. The number of nitrogens with zero attached hydrogens (tertiary/aromatic N) is 1. The van der Waals surface area contributed by atoms with Gasteiger partial charge < -0.3 is 24.8 Å². The Labute approximate surface area is 193 Å². The molecule has 0 amide bonds. The maximum atomic E-state index is 12.7. The van der Waals surface area contributed by atoms with Crippen LogP contribution < -0.4 is 20.1 Å². The first-order valence-electron chi connectivity index (χ1n) is 9.27. The van der Waals surface area contributed by atoms with Gasteiger partial charge in [0.15, 0.2) is 5.96 Å². The van der Waals surface area contributed by atoms with Crippen LogP contribution in [0, 0.1) is 0 Å². The van der Waals surface area contributed by atoms with E-state index in [0.717, 1.165) is 11.1 Å². The zero-order valence-corrected chi connectivity index (χ0v) is 19.6. The molecule has 2 rings (SSSR count). The van der Waals surface area contributed by atoms with Gasteiger partial charge in [0, 0.05) is 25.8 Å². The number of hydrogen-bond acceptors (Lipinski definition) is 4. The molecule has 0 aliphatic heterocycles. The van der Waals surface area contributed by atoms with Crippen LogP contribution in [0.15, 0.2) is 47.5 Å². The van der Waals surface area contributed by atoms with E-state index < -0.39 is 6.61 Å². The molecule has 9 heteroatoms. The van der Waals surface area contributed by atoms with Crippen molar-refractivity contribution in [2.24, 2.45) is 4.99 Å². The van der Waals surface area contributed by atoms with Crippen LogP contribution in [-0.2, 0) is 24.4 Å². The number of rotatable bonds is 10. The Hall–Kier alpha value is -2.14. The van der Waals surface area contributed by atoms with Crippen molar-refractivity contribution in [3.05, 3.63) is 59.2 Å².